The van der Waals surface area contributed by atoms with E-state index in [0.29, 0.717) is 11.4 Å². The summed E-state index contributed by atoms with van der Waals surface area (Å²) >= 11 is 1.36. The van der Waals surface area contributed by atoms with E-state index in [2.05, 4.69) is 5.32 Å². The molecule has 0 fully saturated rings. The minimum absolute atomic E-state index is 0.0796. The molecule has 1 aliphatic heterocycles. The molecule has 15 heavy (non-hydrogen) atoms. The number of nitrogens with one attached hydrogen (secondary N) is 1. The van der Waals surface area contributed by atoms with Gasteiger partial charge >= 0.3 is 0 Å². The molecule has 0 radical (unpaired) electrons. The van der Waals surface area contributed by atoms with Crippen molar-refractivity contribution in [1.82, 2.24) is 0 Å². The lowest BCUT2D eigenvalue weighted by Crippen LogP contribution is -2.19. The first kappa shape index (κ1) is 10.4. The number of thioether (sulfide) groups is 1. The summed E-state index contributed by atoms with van der Waals surface area (Å²) in [4.78, 5) is 11.9. The van der Waals surface area contributed by atoms with Crippen molar-refractivity contribution in [1.29, 1.82) is 0 Å². The molecule has 2 nitrogen and oxygen atoms in total. The molecule has 0 saturated heterocycles. The van der Waals surface area contributed by atoms with Crippen molar-refractivity contribution >= 4 is 23.4 Å². The highest BCUT2D eigenvalue weighted by Gasteiger charge is 2.26. The van der Waals surface area contributed by atoms with E-state index in [0.717, 1.165) is 11.8 Å². The van der Waals surface area contributed by atoms with Crippen molar-refractivity contribution in [3.05, 3.63) is 23.8 Å². The number of fused-ring (bicyclic) bond motifs is 1. The Bertz CT molecular complexity index is 414. The summed E-state index contributed by atoms with van der Waals surface area (Å²) in [6.45, 7) is 0.840. The van der Waals surface area contributed by atoms with Crippen LogP contribution < -0.4 is 5.32 Å². The third-order valence-electron chi connectivity index (χ3n) is 2.12. The molecule has 80 valence electrons. The third kappa shape index (κ3) is 2.12. The first-order valence-corrected chi connectivity index (χ1v) is 5.40. The SMILES string of the molecule is CC(F)(F)c1ccc2c(c1)NC(=O)CS2. The highest BCUT2D eigenvalue weighted by atomic mass is 32.2. The van der Waals surface area contributed by atoms with Crippen LogP contribution in [0.1, 0.15) is 12.5 Å². The van der Waals surface area contributed by atoms with Gasteiger partial charge in [-0.3, -0.25) is 4.79 Å². The Kier molecular flexibility index (Phi) is 2.42. The maximum absolute atomic E-state index is 13.0. The van der Waals surface area contributed by atoms with Crippen LogP contribution >= 0.6 is 11.8 Å². The molecule has 2 rings (SSSR count). The van der Waals surface area contributed by atoms with Crippen molar-refractivity contribution in [3.63, 3.8) is 0 Å². The molecule has 1 amide bonds. The number of carbonyl (C=O) groups is 1. The molecule has 0 saturated carbocycles. The minimum Gasteiger partial charge on any atom is -0.324 e. The van der Waals surface area contributed by atoms with Gasteiger partial charge in [0.25, 0.3) is 5.92 Å². The molecule has 1 N–H and O–H groups in total. The van der Waals surface area contributed by atoms with Crippen LogP contribution in [0.15, 0.2) is 23.1 Å². The van der Waals surface area contributed by atoms with Gasteiger partial charge in [-0.15, -0.1) is 11.8 Å². The van der Waals surface area contributed by atoms with E-state index in [1.165, 1.54) is 23.9 Å². The lowest BCUT2D eigenvalue weighted by molar-refractivity contribution is -0.113. The molecular formula is C10H9F2NOS. The second-order valence-corrected chi connectivity index (χ2v) is 4.45. The largest absolute Gasteiger partial charge is 0.324 e. The highest BCUT2D eigenvalue weighted by Crippen LogP contribution is 2.36. The molecule has 0 aliphatic carbocycles. The monoisotopic (exact) mass is 229 g/mol. The van der Waals surface area contributed by atoms with Crippen molar-refractivity contribution in [3.8, 4) is 0 Å². The molecular weight excluding hydrogens is 220 g/mol. The smallest absolute Gasteiger partial charge is 0.270 e. The summed E-state index contributed by atoms with van der Waals surface area (Å²) in [5.74, 6) is -2.68. The zero-order chi connectivity index (χ0) is 11.1. The van der Waals surface area contributed by atoms with Gasteiger partial charge in [0.05, 0.1) is 11.4 Å². The van der Waals surface area contributed by atoms with Gasteiger partial charge < -0.3 is 5.32 Å². The van der Waals surface area contributed by atoms with E-state index in [9.17, 15) is 13.6 Å². The number of halogens is 2. The van der Waals surface area contributed by atoms with Gasteiger partial charge in [0, 0.05) is 17.4 Å². The normalized spacial score (nSPS) is 15.8. The summed E-state index contributed by atoms with van der Waals surface area (Å²) in [5, 5.41) is 2.58. The minimum atomic E-state index is -2.87. The fraction of sp³-hybridized carbons (Fsp3) is 0.300. The maximum atomic E-state index is 13.0. The van der Waals surface area contributed by atoms with Gasteiger partial charge in [-0.1, -0.05) is 6.07 Å². The van der Waals surface area contributed by atoms with Crippen LogP contribution in [0.4, 0.5) is 14.5 Å². The van der Waals surface area contributed by atoms with Crippen LogP contribution in [-0.2, 0) is 10.7 Å². The van der Waals surface area contributed by atoms with Crippen LogP contribution in [0.2, 0.25) is 0 Å². The molecule has 1 aliphatic rings. The molecule has 0 aromatic heterocycles. The predicted octanol–water partition coefficient (Wildman–Crippen LogP) is 2.84. The first-order chi connectivity index (χ1) is 6.97. The maximum Gasteiger partial charge on any atom is 0.270 e. The number of amides is 1. The van der Waals surface area contributed by atoms with Crippen LogP contribution in [-0.4, -0.2) is 11.7 Å². The number of hydrogen-bond acceptors (Lipinski definition) is 2. The van der Waals surface area contributed by atoms with E-state index < -0.39 is 5.92 Å². The fourth-order valence-corrected chi connectivity index (χ4v) is 2.14. The average molecular weight is 229 g/mol. The molecule has 5 heteroatoms. The second-order valence-electron chi connectivity index (χ2n) is 3.44. The van der Waals surface area contributed by atoms with Crippen LogP contribution in [0.25, 0.3) is 0 Å². The molecule has 0 spiro atoms. The average Bonchev–Trinajstić information content (AvgIpc) is 2.15. The van der Waals surface area contributed by atoms with Gasteiger partial charge in [-0.2, -0.15) is 0 Å². The van der Waals surface area contributed by atoms with Crippen molar-refractivity contribution < 1.29 is 13.6 Å². The van der Waals surface area contributed by atoms with Crippen LogP contribution in [0.5, 0.6) is 0 Å². The van der Waals surface area contributed by atoms with Crippen molar-refractivity contribution in [2.75, 3.05) is 11.1 Å². The molecule has 1 heterocycles. The predicted molar refractivity (Wildman–Crippen MR) is 55.4 cm³/mol. The van der Waals surface area contributed by atoms with Gasteiger partial charge in [-0.05, 0) is 12.1 Å². The van der Waals surface area contributed by atoms with Gasteiger partial charge in [0.1, 0.15) is 0 Å². The van der Waals surface area contributed by atoms with E-state index in [1.807, 2.05) is 0 Å². The van der Waals surface area contributed by atoms with Crippen molar-refractivity contribution in [2.45, 2.75) is 17.7 Å². The van der Waals surface area contributed by atoms with Crippen molar-refractivity contribution in [2.24, 2.45) is 0 Å². The summed E-state index contributed by atoms with van der Waals surface area (Å²) in [7, 11) is 0. The Morgan fingerprint density at radius 2 is 2.20 bits per heavy atom. The van der Waals surface area contributed by atoms with E-state index in [1.54, 1.807) is 6.07 Å². The summed E-state index contributed by atoms with van der Waals surface area (Å²) in [5.41, 5.74) is 0.402. The molecule has 0 bridgehead atoms. The summed E-state index contributed by atoms with van der Waals surface area (Å²) in [6, 6.07) is 4.34. The second kappa shape index (κ2) is 3.48. The standard InChI is InChI=1S/C10H9F2NOS/c1-10(11,12)6-2-3-8-7(4-6)13-9(14)5-15-8/h2-4H,5H2,1H3,(H,13,14). The first-order valence-electron chi connectivity index (χ1n) is 4.42. The molecule has 1 aromatic carbocycles. The Labute approximate surface area is 90.1 Å². The number of carbonyl (C=O) groups excluding carboxylic acids is 1. The quantitative estimate of drug-likeness (QED) is 0.802. The highest BCUT2D eigenvalue weighted by molar-refractivity contribution is 8.00. The zero-order valence-corrected chi connectivity index (χ0v) is 8.83. The number of benzene rings is 1. The topological polar surface area (TPSA) is 29.1 Å². The van der Waals surface area contributed by atoms with Gasteiger partial charge in [0.15, 0.2) is 0 Å². The van der Waals surface area contributed by atoms with E-state index in [4.69, 9.17) is 0 Å². The Morgan fingerprint density at radius 3 is 2.87 bits per heavy atom. The number of alkyl halides is 2. The van der Waals surface area contributed by atoms with E-state index >= 15 is 0 Å². The van der Waals surface area contributed by atoms with Crippen LogP contribution in [0, 0.1) is 0 Å². The number of rotatable bonds is 1. The summed E-state index contributed by atoms with van der Waals surface area (Å²) < 4.78 is 26.0. The van der Waals surface area contributed by atoms with Gasteiger partial charge in [0.2, 0.25) is 5.91 Å². The fourth-order valence-electron chi connectivity index (χ4n) is 1.36. The van der Waals surface area contributed by atoms with E-state index in [-0.39, 0.29) is 11.5 Å². The summed E-state index contributed by atoms with van der Waals surface area (Å²) in [6.07, 6.45) is 0. The van der Waals surface area contributed by atoms with Gasteiger partial charge in [-0.25, -0.2) is 8.78 Å². The van der Waals surface area contributed by atoms with Crippen LogP contribution in [0.3, 0.4) is 0 Å². The lowest BCUT2D eigenvalue weighted by atomic mass is 10.1. The Hall–Kier alpha value is -1.10. The molecule has 0 unspecified atom stereocenters. The Morgan fingerprint density at radius 1 is 1.47 bits per heavy atom. The molecule has 0 atom stereocenters. The zero-order valence-electron chi connectivity index (χ0n) is 8.01. The third-order valence-corrected chi connectivity index (χ3v) is 3.19. The Balaban J connectivity index is 2.41. The number of anilines is 1. The number of hydrogen-bond donors (Lipinski definition) is 1. The lowest BCUT2D eigenvalue weighted by Gasteiger charge is -2.19. The molecule has 1 aromatic rings.